The zero-order chi connectivity index (χ0) is 23.4. The molecule has 1 aliphatic carbocycles. The highest BCUT2D eigenvalue weighted by atomic mass is 19.4. The van der Waals surface area contributed by atoms with Gasteiger partial charge in [-0.2, -0.15) is 13.2 Å². The Hall–Kier alpha value is -1.87. The average Bonchev–Trinajstić information content (AvgIpc) is 3.34. The topological polar surface area (TPSA) is 47.6 Å². The molecule has 0 aromatic heterocycles. The van der Waals surface area contributed by atoms with E-state index in [4.69, 9.17) is 0 Å². The lowest BCUT2D eigenvalue weighted by atomic mass is 9.84. The maximum absolute atomic E-state index is 14.4. The number of piperazine rings is 1. The lowest BCUT2D eigenvalue weighted by Crippen LogP contribution is -2.47. The second-order valence-electron chi connectivity index (χ2n) is 9.63. The standard InChI is InChI=1S/C24H34F4N4O/c25-22-19(24(26,27)28)3-1-5-21(22)32-15-13-31(14-16-32)12-10-17-6-8-18(9-7-17)30-23(33)20-4-2-11-29-20/h1,3,5,17-18,20,29H,2,4,6-16H2,(H,30,33)/t17-,18-,20-/m0/s1. The van der Waals surface area contributed by atoms with Crippen LogP contribution in [0.3, 0.4) is 0 Å². The van der Waals surface area contributed by atoms with Crippen LogP contribution in [0.1, 0.15) is 50.5 Å². The molecule has 2 heterocycles. The van der Waals surface area contributed by atoms with Gasteiger partial charge >= 0.3 is 6.18 Å². The number of hydrogen-bond acceptors (Lipinski definition) is 4. The van der Waals surface area contributed by atoms with E-state index < -0.39 is 17.6 Å². The van der Waals surface area contributed by atoms with E-state index in [1.807, 2.05) is 0 Å². The normalized spacial score (nSPS) is 27.0. The number of amides is 1. The summed E-state index contributed by atoms with van der Waals surface area (Å²) in [6, 6.07) is 3.76. The van der Waals surface area contributed by atoms with E-state index in [1.54, 1.807) is 4.90 Å². The minimum atomic E-state index is -4.68. The van der Waals surface area contributed by atoms with Gasteiger partial charge in [0.1, 0.15) is 0 Å². The smallest absolute Gasteiger partial charge is 0.367 e. The molecule has 4 rings (SSSR count). The third-order valence-electron chi connectivity index (χ3n) is 7.42. The molecule has 0 unspecified atom stereocenters. The van der Waals surface area contributed by atoms with E-state index in [0.29, 0.717) is 19.0 Å². The zero-order valence-electron chi connectivity index (χ0n) is 19.0. The van der Waals surface area contributed by atoms with Crippen LogP contribution in [0.25, 0.3) is 0 Å². The van der Waals surface area contributed by atoms with Gasteiger partial charge in [-0.15, -0.1) is 0 Å². The van der Waals surface area contributed by atoms with Crippen LogP contribution in [0.5, 0.6) is 0 Å². The van der Waals surface area contributed by atoms with Crippen LogP contribution in [0.2, 0.25) is 0 Å². The number of nitrogens with one attached hydrogen (secondary N) is 2. The summed E-state index contributed by atoms with van der Waals surface area (Å²) in [5.74, 6) is -0.390. The number of rotatable bonds is 6. The molecule has 1 saturated carbocycles. The highest BCUT2D eigenvalue weighted by Gasteiger charge is 2.36. The van der Waals surface area contributed by atoms with Crippen molar-refractivity contribution in [3.05, 3.63) is 29.6 Å². The molecule has 1 aromatic rings. The van der Waals surface area contributed by atoms with Gasteiger partial charge in [0.15, 0.2) is 5.82 Å². The SMILES string of the molecule is O=C(N[C@H]1CC[C@H](CCN2CCN(c3cccc(C(F)(F)F)c3F)CC2)CC1)[C@@H]1CCCN1. The van der Waals surface area contributed by atoms with Gasteiger partial charge in [0, 0.05) is 32.2 Å². The molecule has 9 heteroatoms. The van der Waals surface area contributed by atoms with Crippen molar-refractivity contribution in [3.8, 4) is 0 Å². The largest absolute Gasteiger partial charge is 0.419 e. The zero-order valence-corrected chi connectivity index (χ0v) is 19.0. The van der Waals surface area contributed by atoms with Gasteiger partial charge in [-0.3, -0.25) is 9.69 Å². The van der Waals surface area contributed by atoms with Gasteiger partial charge in [0.2, 0.25) is 5.91 Å². The minimum absolute atomic E-state index is 0.0224. The van der Waals surface area contributed by atoms with E-state index in [2.05, 4.69) is 15.5 Å². The van der Waals surface area contributed by atoms with Crippen molar-refractivity contribution in [2.24, 2.45) is 5.92 Å². The Kier molecular flexibility index (Phi) is 7.79. The van der Waals surface area contributed by atoms with E-state index in [0.717, 1.165) is 77.2 Å². The summed E-state index contributed by atoms with van der Waals surface area (Å²) in [6.07, 6.45) is 2.65. The third-order valence-corrected chi connectivity index (χ3v) is 7.42. The molecule has 1 amide bonds. The summed E-state index contributed by atoms with van der Waals surface area (Å²) >= 11 is 0. The van der Waals surface area contributed by atoms with E-state index >= 15 is 0 Å². The molecule has 0 bridgehead atoms. The molecule has 0 spiro atoms. The molecule has 2 N–H and O–H groups in total. The number of alkyl halides is 3. The predicted octanol–water partition coefficient (Wildman–Crippen LogP) is 3.78. The summed E-state index contributed by atoms with van der Waals surface area (Å²) in [4.78, 5) is 16.3. The molecule has 3 aliphatic rings. The van der Waals surface area contributed by atoms with Crippen LogP contribution in [0.15, 0.2) is 18.2 Å². The molecular formula is C24H34F4N4O. The lowest BCUT2D eigenvalue weighted by Gasteiger charge is -2.37. The Bertz CT molecular complexity index is 796. The van der Waals surface area contributed by atoms with Crippen molar-refractivity contribution in [2.75, 3.05) is 44.2 Å². The predicted molar refractivity (Wildman–Crippen MR) is 120 cm³/mol. The summed E-state index contributed by atoms with van der Waals surface area (Å²) in [6.45, 7) is 4.35. The maximum atomic E-state index is 14.4. The third kappa shape index (κ3) is 6.18. The molecule has 2 saturated heterocycles. The average molecular weight is 471 g/mol. The van der Waals surface area contributed by atoms with Crippen molar-refractivity contribution >= 4 is 11.6 Å². The monoisotopic (exact) mass is 470 g/mol. The van der Waals surface area contributed by atoms with Crippen LogP contribution >= 0.6 is 0 Å². The van der Waals surface area contributed by atoms with Crippen LogP contribution in [0.4, 0.5) is 23.2 Å². The molecule has 33 heavy (non-hydrogen) atoms. The van der Waals surface area contributed by atoms with Crippen molar-refractivity contribution in [1.29, 1.82) is 0 Å². The fourth-order valence-electron chi connectivity index (χ4n) is 5.37. The molecule has 1 atom stereocenters. The second-order valence-corrected chi connectivity index (χ2v) is 9.63. The number of halogens is 4. The summed E-state index contributed by atoms with van der Waals surface area (Å²) in [5, 5.41) is 6.45. The fraction of sp³-hybridized carbons (Fsp3) is 0.708. The number of benzene rings is 1. The number of nitrogens with zero attached hydrogens (tertiary/aromatic N) is 2. The van der Waals surface area contributed by atoms with Crippen LogP contribution in [-0.2, 0) is 11.0 Å². The van der Waals surface area contributed by atoms with E-state index in [-0.39, 0.29) is 23.7 Å². The first-order valence-electron chi connectivity index (χ1n) is 12.2. The first kappa shape index (κ1) is 24.3. The van der Waals surface area contributed by atoms with Gasteiger partial charge < -0.3 is 15.5 Å². The number of carbonyl (C=O) groups excluding carboxylic acids is 1. The molecular weight excluding hydrogens is 436 g/mol. The first-order chi connectivity index (χ1) is 15.8. The van der Waals surface area contributed by atoms with Gasteiger partial charge in [-0.25, -0.2) is 4.39 Å². The highest BCUT2D eigenvalue weighted by molar-refractivity contribution is 5.82. The molecule has 1 aromatic carbocycles. The molecule has 2 aliphatic heterocycles. The molecule has 0 radical (unpaired) electrons. The van der Waals surface area contributed by atoms with Crippen molar-refractivity contribution in [2.45, 2.75) is 63.2 Å². The number of carbonyl (C=O) groups is 1. The second kappa shape index (κ2) is 10.6. The number of hydrogen-bond donors (Lipinski definition) is 2. The van der Waals surface area contributed by atoms with Crippen molar-refractivity contribution < 1.29 is 22.4 Å². The van der Waals surface area contributed by atoms with Gasteiger partial charge in [0.25, 0.3) is 0 Å². The Balaban J connectivity index is 1.17. The summed E-state index contributed by atoms with van der Waals surface area (Å²) in [7, 11) is 0. The highest BCUT2D eigenvalue weighted by Crippen LogP contribution is 2.35. The quantitative estimate of drug-likeness (QED) is 0.622. The van der Waals surface area contributed by atoms with Crippen LogP contribution in [-0.4, -0.2) is 62.2 Å². The van der Waals surface area contributed by atoms with Gasteiger partial charge in [0.05, 0.1) is 17.3 Å². The lowest BCUT2D eigenvalue weighted by molar-refractivity contribution is -0.139. The van der Waals surface area contributed by atoms with Crippen LogP contribution < -0.4 is 15.5 Å². The van der Waals surface area contributed by atoms with Gasteiger partial charge in [-0.05, 0) is 76.1 Å². The van der Waals surface area contributed by atoms with E-state index in [1.165, 1.54) is 12.1 Å². The Morgan fingerprint density at radius 3 is 2.42 bits per heavy atom. The summed E-state index contributed by atoms with van der Waals surface area (Å²) < 4.78 is 53.4. The van der Waals surface area contributed by atoms with Crippen molar-refractivity contribution in [1.82, 2.24) is 15.5 Å². The van der Waals surface area contributed by atoms with Crippen LogP contribution in [0, 0.1) is 11.7 Å². The Morgan fingerprint density at radius 1 is 1.06 bits per heavy atom. The van der Waals surface area contributed by atoms with Crippen molar-refractivity contribution in [3.63, 3.8) is 0 Å². The summed E-state index contributed by atoms with van der Waals surface area (Å²) in [5.41, 5.74) is -1.16. The first-order valence-corrected chi connectivity index (χ1v) is 12.2. The van der Waals surface area contributed by atoms with Gasteiger partial charge in [-0.1, -0.05) is 6.07 Å². The molecule has 184 valence electrons. The Labute approximate surface area is 192 Å². The maximum Gasteiger partial charge on any atom is 0.419 e. The minimum Gasteiger partial charge on any atom is -0.367 e. The molecule has 5 nitrogen and oxygen atoms in total. The number of anilines is 1. The molecule has 3 fully saturated rings. The Morgan fingerprint density at radius 2 is 1.79 bits per heavy atom. The fourth-order valence-corrected chi connectivity index (χ4v) is 5.37. The van der Waals surface area contributed by atoms with E-state index in [9.17, 15) is 22.4 Å².